The Hall–Kier alpha value is -1.54. The van der Waals surface area contributed by atoms with Crippen molar-refractivity contribution >= 4 is 13.7 Å². The number of hydrogen-bond acceptors (Lipinski definition) is 6. The van der Waals surface area contributed by atoms with Gasteiger partial charge in [0.1, 0.15) is 13.2 Å². The minimum atomic E-state index is -4.58. The number of phosphoric acid groups is 1. The van der Waals surface area contributed by atoms with E-state index in [-0.39, 0.29) is 19.1 Å². The molecule has 0 heterocycles. The van der Waals surface area contributed by atoms with Crippen molar-refractivity contribution in [2.75, 3.05) is 40.9 Å². The van der Waals surface area contributed by atoms with Crippen LogP contribution in [0.5, 0.6) is 0 Å². The molecule has 0 aliphatic heterocycles. The van der Waals surface area contributed by atoms with E-state index in [1.165, 1.54) is 77.0 Å². The number of carbonyl (C=O) groups excluding carboxylic acids is 1. The van der Waals surface area contributed by atoms with E-state index in [2.05, 4.69) is 55.6 Å². The molecule has 8 nitrogen and oxygen atoms in total. The van der Waals surface area contributed by atoms with Gasteiger partial charge in [0, 0.05) is 6.42 Å². The van der Waals surface area contributed by atoms with Gasteiger partial charge in [0.15, 0.2) is 0 Å². The smallest absolute Gasteiger partial charge is 0.268 e. The molecule has 0 aromatic carbocycles. The molecular formula is C42H79N2O6P. The van der Waals surface area contributed by atoms with Crippen molar-refractivity contribution in [3.63, 3.8) is 0 Å². The maximum absolute atomic E-state index is 12.8. The van der Waals surface area contributed by atoms with Gasteiger partial charge in [0.25, 0.3) is 7.82 Å². The van der Waals surface area contributed by atoms with Gasteiger partial charge in [-0.3, -0.25) is 9.36 Å². The Bertz CT molecular complexity index is 975. The number of nitrogens with one attached hydrogen (secondary N) is 1. The van der Waals surface area contributed by atoms with Crippen molar-refractivity contribution in [3.8, 4) is 0 Å². The maximum atomic E-state index is 12.8. The zero-order chi connectivity index (χ0) is 37.9. The Morgan fingerprint density at radius 3 is 1.69 bits per heavy atom. The molecule has 0 aromatic rings. The average Bonchev–Trinajstić information content (AvgIpc) is 3.07. The number of quaternary nitrogens is 1. The first-order valence-corrected chi connectivity index (χ1v) is 22.0. The van der Waals surface area contributed by atoms with E-state index in [0.717, 1.165) is 64.2 Å². The number of nitrogens with zero attached hydrogens (tertiary/aromatic N) is 1. The summed E-state index contributed by atoms with van der Waals surface area (Å²) in [5, 5.41) is 13.7. The van der Waals surface area contributed by atoms with Crippen LogP contribution in [0.3, 0.4) is 0 Å². The topological polar surface area (TPSA) is 108 Å². The highest BCUT2D eigenvalue weighted by atomic mass is 31.2. The third-order valence-corrected chi connectivity index (χ3v) is 9.75. The largest absolute Gasteiger partial charge is 0.756 e. The van der Waals surface area contributed by atoms with Crippen LogP contribution in [0.15, 0.2) is 48.6 Å². The van der Waals surface area contributed by atoms with Crippen LogP contribution < -0.4 is 10.2 Å². The van der Waals surface area contributed by atoms with E-state index < -0.39 is 20.0 Å². The van der Waals surface area contributed by atoms with Crippen LogP contribution in [0.1, 0.15) is 162 Å². The number of unbranched alkanes of at least 4 members (excludes halogenated alkanes) is 17. The standard InChI is InChI=1S/C42H79N2O6P/c1-6-8-10-12-14-16-18-19-20-21-22-23-24-25-26-28-30-32-34-36-42(46)43-40(39-50-51(47,48)49-38-37-44(3,4)5)41(45)35-33-31-29-27-17-15-13-11-9-7-2/h14,16,19-20,22-23,33,35,40-41,45H,6-13,15,17-18,21,24-32,34,36-39H2,1-5H3,(H-,43,46,47,48)/b16-14-,20-19-,23-22-,35-33+. The molecule has 2 N–H and O–H groups in total. The predicted octanol–water partition coefficient (Wildman–Crippen LogP) is 10.3. The molecule has 0 fully saturated rings. The van der Waals surface area contributed by atoms with Crippen LogP contribution in [-0.2, 0) is 18.4 Å². The van der Waals surface area contributed by atoms with Gasteiger partial charge < -0.3 is 28.8 Å². The lowest BCUT2D eigenvalue weighted by atomic mass is 10.1. The van der Waals surface area contributed by atoms with Crippen LogP contribution in [0.4, 0.5) is 0 Å². The second-order valence-corrected chi connectivity index (χ2v) is 16.4. The molecular weight excluding hydrogens is 659 g/mol. The first-order chi connectivity index (χ1) is 24.5. The van der Waals surface area contributed by atoms with E-state index in [4.69, 9.17) is 9.05 Å². The van der Waals surface area contributed by atoms with Crippen LogP contribution in [-0.4, -0.2) is 68.5 Å². The Morgan fingerprint density at radius 1 is 0.686 bits per heavy atom. The van der Waals surface area contributed by atoms with Crippen molar-refractivity contribution in [1.82, 2.24) is 5.32 Å². The van der Waals surface area contributed by atoms with Gasteiger partial charge in [0.2, 0.25) is 5.91 Å². The fraction of sp³-hybridized carbons (Fsp3) is 0.786. The lowest BCUT2D eigenvalue weighted by molar-refractivity contribution is -0.870. The van der Waals surface area contributed by atoms with Crippen LogP contribution in [0.2, 0.25) is 0 Å². The molecule has 51 heavy (non-hydrogen) atoms. The van der Waals surface area contributed by atoms with Crippen molar-refractivity contribution < 1.29 is 32.9 Å². The molecule has 0 aliphatic carbocycles. The Morgan fingerprint density at radius 2 is 1.14 bits per heavy atom. The summed E-state index contributed by atoms with van der Waals surface area (Å²) in [6.07, 6.45) is 41.5. The molecule has 1 amide bonds. The first-order valence-electron chi connectivity index (χ1n) is 20.5. The van der Waals surface area contributed by atoms with E-state index in [9.17, 15) is 19.4 Å². The van der Waals surface area contributed by atoms with E-state index >= 15 is 0 Å². The van der Waals surface area contributed by atoms with E-state index in [1.807, 2.05) is 27.2 Å². The third-order valence-electron chi connectivity index (χ3n) is 8.78. The molecule has 0 saturated heterocycles. The van der Waals surface area contributed by atoms with Crippen LogP contribution in [0, 0.1) is 0 Å². The summed E-state index contributed by atoms with van der Waals surface area (Å²) in [7, 11) is 1.24. The summed E-state index contributed by atoms with van der Waals surface area (Å²) in [4.78, 5) is 25.2. The van der Waals surface area contributed by atoms with Crippen molar-refractivity contribution in [2.45, 2.75) is 174 Å². The summed E-state index contributed by atoms with van der Waals surface area (Å²) in [5.74, 6) is -0.215. The highest BCUT2D eigenvalue weighted by molar-refractivity contribution is 7.45. The summed E-state index contributed by atoms with van der Waals surface area (Å²) >= 11 is 0. The molecule has 0 radical (unpaired) electrons. The van der Waals surface area contributed by atoms with Crippen molar-refractivity contribution in [2.24, 2.45) is 0 Å². The van der Waals surface area contributed by atoms with Crippen molar-refractivity contribution in [3.05, 3.63) is 48.6 Å². The molecule has 3 unspecified atom stereocenters. The molecule has 298 valence electrons. The SMILES string of the molecule is CCCCC/C=C\C/C=C\C/C=C\CCCCCCCCC(=O)NC(COP(=O)([O-])OCC[N+](C)(C)C)C(O)/C=C/CCCCCCCCCC. The van der Waals surface area contributed by atoms with Gasteiger partial charge >= 0.3 is 0 Å². The second-order valence-electron chi connectivity index (χ2n) is 15.0. The highest BCUT2D eigenvalue weighted by Crippen LogP contribution is 2.38. The summed E-state index contributed by atoms with van der Waals surface area (Å²) in [6.45, 7) is 4.56. The third kappa shape index (κ3) is 36.6. The minimum Gasteiger partial charge on any atom is -0.756 e. The number of phosphoric ester groups is 1. The number of rotatable bonds is 36. The number of likely N-dealkylation sites (N-methyl/N-ethyl adjacent to an activating group) is 1. The lowest BCUT2D eigenvalue weighted by Crippen LogP contribution is -2.45. The molecule has 0 bridgehead atoms. The number of allylic oxidation sites excluding steroid dienone is 7. The number of aliphatic hydroxyl groups excluding tert-OH is 1. The number of aliphatic hydroxyl groups is 1. The van der Waals surface area contributed by atoms with Gasteiger partial charge in [0.05, 0.1) is 39.9 Å². The fourth-order valence-electron chi connectivity index (χ4n) is 5.45. The second kappa shape index (κ2) is 34.2. The van der Waals surface area contributed by atoms with Crippen molar-refractivity contribution in [1.29, 1.82) is 0 Å². The lowest BCUT2D eigenvalue weighted by Gasteiger charge is -2.29. The molecule has 3 atom stereocenters. The molecule has 0 spiro atoms. The normalized spacial score (nSPS) is 15.0. The maximum Gasteiger partial charge on any atom is 0.268 e. The van der Waals surface area contributed by atoms with Gasteiger partial charge in [-0.1, -0.05) is 146 Å². The Balaban J connectivity index is 4.44. The summed E-state index contributed by atoms with van der Waals surface area (Å²) < 4.78 is 23.1. The fourth-order valence-corrected chi connectivity index (χ4v) is 6.17. The zero-order valence-electron chi connectivity index (χ0n) is 33.5. The number of hydrogen-bond donors (Lipinski definition) is 2. The Labute approximate surface area is 314 Å². The number of amides is 1. The average molecular weight is 739 g/mol. The van der Waals surface area contributed by atoms with Gasteiger partial charge in [-0.15, -0.1) is 0 Å². The zero-order valence-corrected chi connectivity index (χ0v) is 34.4. The number of carbonyl (C=O) groups is 1. The van der Waals surface area contributed by atoms with Crippen LogP contribution in [0.25, 0.3) is 0 Å². The molecule has 0 aromatic heterocycles. The first kappa shape index (κ1) is 49.5. The molecule has 0 rings (SSSR count). The molecule has 0 saturated carbocycles. The molecule has 0 aliphatic rings. The molecule has 9 heteroatoms. The minimum absolute atomic E-state index is 0.00572. The summed E-state index contributed by atoms with van der Waals surface area (Å²) in [6, 6.07) is -0.891. The monoisotopic (exact) mass is 739 g/mol. The van der Waals surface area contributed by atoms with E-state index in [0.29, 0.717) is 17.4 Å². The highest BCUT2D eigenvalue weighted by Gasteiger charge is 2.23. The van der Waals surface area contributed by atoms with Gasteiger partial charge in [-0.05, 0) is 57.8 Å². The van der Waals surface area contributed by atoms with Crippen LogP contribution >= 0.6 is 7.82 Å². The quantitative estimate of drug-likeness (QED) is 0.0287. The van der Waals surface area contributed by atoms with E-state index in [1.54, 1.807) is 6.08 Å². The summed E-state index contributed by atoms with van der Waals surface area (Å²) in [5.41, 5.74) is 0. The Kier molecular flexibility index (Phi) is 33.2. The van der Waals surface area contributed by atoms with Gasteiger partial charge in [-0.25, -0.2) is 0 Å². The van der Waals surface area contributed by atoms with Gasteiger partial charge in [-0.2, -0.15) is 0 Å². The predicted molar refractivity (Wildman–Crippen MR) is 214 cm³/mol.